The number of fused-ring (bicyclic) bond motifs is 1. The molecule has 146 valence electrons. The van der Waals surface area contributed by atoms with Crippen molar-refractivity contribution < 1.29 is 4.79 Å². The van der Waals surface area contributed by atoms with Crippen molar-refractivity contribution in [2.45, 2.75) is 39.8 Å². The molecule has 0 spiro atoms. The molecule has 0 unspecified atom stereocenters. The molecule has 2 aliphatic rings. The predicted molar refractivity (Wildman–Crippen MR) is 109 cm³/mol. The third-order valence-corrected chi connectivity index (χ3v) is 6.20. The van der Waals surface area contributed by atoms with E-state index in [0.717, 1.165) is 37.4 Å². The van der Waals surface area contributed by atoms with Gasteiger partial charge in [-0.1, -0.05) is 37.3 Å². The van der Waals surface area contributed by atoms with Crippen molar-refractivity contribution in [2.75, 3.05) is 19.6 Å². The second kappa shape index (κ2) is 8.03. The van der Waals surface area contributed by atoms with E-state index in [1.54, 1.807) is 0 Å². The summed E-state index contributed by atoms with van der Waals surface area (Å²) < 4.78 is 1.89. The highest BCUT2D eigenvalue weighted by Crippen LogP contribution is 2.42. The Morgan fingerprint density at radius 1 is 1.22 bits per heavy atom. The van der Waals surface area contributed by atoms with E-state index in [-0.39, 0.29) is 24.4 Å². The zero-order valence-corrected chi connectivity index (χ0v) is 17.1. The lowest BCUT2D eigenvalue weighted by Crippen LogP contribution is -2.37. The van der Waals surface area contributed by atoms with Gasteiger partial charge in [0, 0.05) is 31.2 Å². The molecular weight excluding hydrogens is 360 g/mol. The van der Waals surface area contributed by atoms with Crippen molar-refractivity contribution >= 4 is 18.3 Å². The van der Waals surface area contributed by atoms with Crippen LogP contribution in [0.2, 0.25) is 0 Å². The molecule has 2 aliphatic heterocycles. The lowest BCUT2D eigenvalue weighted by atomic mass is 9.89. The second-order valence-electron chi connectivity index (χ2n) is 7.64. The molecule has 0 bridgehead atoms. The van der Waals surface area contributed by atoms with Crippen molar-refractivity contribution in [3.8, 4) is 0 Å². The Morgan fingerprint density at radius 3 is 2.63 bits per heavy atom. The van der Waals surface area contributed by atoms with Gasteiger partial charge in [0.2, 0.25) is 5.91 Å². The number of carbonyl (C=O) groups excluding carboxylic acids is 1. The van der Waals surface area contributed by atoms with Crippen LogP contribution < -0.4 is 5.32 Å². The first kappa shape index (κ1) is 19.9. The number of likely N-dealkylation sites (tertiary alicyclic amines) is 1. The minimum absolute atomic E-state index is 0. The quantitative estimate of drug-likeness (QED) is 0.876. The summed E-state index contributed by atoms with van der Waals surface area (Å²) in [7, 11) is 0. The van der Waals surface area contributed by atoms with Crippen LogP contribution in [0.3, 0.4) is 0 Å². The number of carbonyl (C=O) groups is 1. The summed E-state index contributed by atoms with van der Waals surface area (Å²) in [4.78, 5) is 15.3. The third kappa shape index (κ3) is 3.50. The van der Waals surface area contributed by atoms with Gasteiger partial charge in [-0.15, -0.1) is 12.4 Å². The van der Waals surface area contributed by atoms with Crippen LogP contribution in [0.5, 0.6) is 0 Å². The molecule has 27 heavy (non-hydrogen) atoms. The SMILES string of the molecule is CCc1c(C)nn(CC(=O)N2C[C@@H]3CNC[C@@H]3[C@H]2c2ccccc2)c1C.Cl. The fourth-order valence-corrected chi connectivity index (χ4v) is 4.87. The number of benzene rings is 1. The monoisotopic (exact) mass is 388 g/mol. The molecule has 2 saturated heterocycles. The largest absolute Gasteiger partial charge is 0.333 e. The van der Waals surface area contributed by atoms with Crippen LogP contribution in [0.25, 0.3) is 0 Å². The van der Waals surface area contributed by atoms with Gasteiger partial charge in [-0.3, -0.25) is 9.48 Å². The molecule has 1 aromatic carbocycles. The average molecular weight is 389 g/mol. The molecule has 1 aromatic heterocycles. The highest BCUT2D eigenvalue weighted by Gasteiger charge is 2.46. The fraction of sp³-hybridized carbons (Fsp3) is 0.524. The molecule has 0 radical (unpaired) electrons. The molecule has 0 aliphatic carbocycles. The number of amides is 1. The first-order chi connectivity index (χ1) is 12.6. The maximum atomic E-state index is 13.2. The van der Waals surface area contributed by atoms with Gasteiger partial charge in [0.15, 0.2) is 0 Å². The topological polar surface area (TPSA) is 50.2 Å². The van der Waals surface area contributed by atoms with Crippen molar-refractivity contribution in [1.29, 1.82) is 0 Å². The number of hydrogen-bond acceptors (Lipinski definition) is 3. The molecule has 5 nitrogen and oxygen atoms in total. The zero-order valence-electron chi connectivity index (χ0n) is 16.3. The Morgan fingerprint density at radius 2 is 1.96 bits per heavy atom. The van der Waals surface area contributed by atoms with Crippen molar-refractivity contribution in [1.82, 2.24) is 20.0 Å². The molecule has 4 rings (SSSR count). The third-order valence-electron chi connectivity index (χ3n) is 6.20. The summed E-state index contributed by atoms with van der Waals surface area (Å²) >= 11 is 0. The van der Waals surface area contributed by atoms with Gasteiger partial charge in [-0.25, -0.2) is 0 Å². The number of rotatable bonds is 4. The minimum atomic E-state index is 0. The lowest BCUT2D eigenvalue weighted by Gasteiger charge is -2.28. The molecule has 3 atom stereocenters. The number of halogens is 1. The number of nitrogens with zero attached hydrogens (tertiary/aromatic N) is 3. The average Bonchev–Trinajstić information content (AvgIpc) is 3.29. The lowest BCUT2D eigenvalue weighted by molar-refractivity contribution is -0.133. The van der Waals surface area contributed by atoms with E-state index in [1.165, 1.54) is 11.1 Å². The van der Waals surface area contributed by atoms with E-state index in [4.69, 9.17) is 0 Å². The maximum absolute atomic E-state index is 13.2. The van der Waals surface area contributed by atoms with Crippen LogP contribution in [0.15, 0.2) is 30.3 Å². The molecule has 2 fully saturated rings. The van der Waals surface area contributed by atoms with Gasteiger partial charge < -0.3 is 10.2 Å². The van der Waals surface area contributed by atoms with Crippen LogP contribution >= 0.6 is 12.4 Å². The highest BCUT2D eigenvalue weighted by atomic mass is 35.5. The second-order valence-corrected chi connectivity index (χ2v) is 7.64. The van der Waals surface area contributed by atoms with Crippen LogP contribution in [0, 0.1) is 25.7 Å². The van der Waals surface area contributed by atoms with Gasteiger partial charge in [0.25, 0.3) is 0 Å². The Balaban J connectivity index is 0.00000210. The molecule has 3 heterocycles. The van der Waals surface area contributed by atoms with E-state index >= 15 is 0 Å². The first-order valence-corrected chi connectivity index (χ1v) is 9.68. The molecular formula is C21H29ClN4O. The first-order valence-electron chi connectivity index (χ1n) is 9.68. The Labute approximate surface area is 167 Å². The van der Waals surface area contributed by atoms with E-state index in [1.807, 2.05) is 17.7 Å². The van der Waals surface area contributed by atoms with Gasteiger partial charge in [-0.05, 0) is 37.3 Å². The molecule has 1 amide bonds. The van der Waals surface area contributed by atoms with Crippen LogP contribution in [-0.2, 0) is 17.8 Å². The van der Waals surface area contributed by atoms with Gasteiger partial charge >= 0.3 is 0 Å². The zero-order chi connectivity index (χ0) is 18.3. The number of hydrogen-bond donors (Lipinski definition) is 1. The van der Waals surface area contributed by atoms with E-state index in [0.29, 0.717) is 18.4 Å². The summed E-state index contributed by atoms with van der Waals surface area (Å²) in [6, 6.07) is 10.7. The Bertz CT molecular complexity index is 804. The summed E-state index contributed by atoms with van der Waals surface area (Å²) in [5, 5.41) is 8.12. The number of nitrogens with one attached hydrogen (secondary N) is 1. The summed E-state index contributed by atoms with van der Waals surface area (Å²) in [5.74, 6) is 1.24. The van der Waals surface area contributed by atoms with Crippen molar-refractivity contribution in [2.24, 2.45) is 11.8 Å². The van der Waals surface area contributed by atoms with E-state index < -0.39 is 0 Å². The summed E-state index contributed by atoms with van der Waals surface area (Å²) in [6.07, 6.45) is 0.956. The smallest absolute Gasteiger partial charge is 0.244 e. The van der Waals surface area contributed by atoms with Gasteiger partial charge in [0.05, 0.1) is 11.7 Å². The van der Waals surface area contributed by atoms with Gasteiger partial charge in [0.1, 0.15) is 6.54 Å². The van der Waals surface area contributed by atoms with Crippen molar-refractivity contribution in [3.63, 3.8) is 0 Å². The van der Waals surface area contributed by atoms with Crippen LogP contribution in [0.4, 0.5) is 0 Å². The summed E-state index contributed by atoms with van der Waals surface area (Å²) in [6.45, 7) is 9.43. The normalized spacial score (nSPS) is 24.0. The Kier molecular flexibility index (Phi) is 5.92. The fourth-order valence-electron chi connectivity index (χ4n) is 4.87. The molecule has 1 N–H and O–H groups in total. The number of aromatic nitrogens is 2. The molecule has 0 saturated carbocycles. The predicted octanol–water partition coefficient (Wildman–Crippen LogP) is 2.90. The molecule has 6 heteroatoms. The van der Waals surface area contributed by atoms with E-state index in [9.17, 15) is 4.79 Å². The maximum Gasteiger partial charge on any atom is 0.244 e. The van der Waals surface area contributed by atoms with Crippen LogP contribution in [-0.4, -0.2) is 40.2 Å². The number of aryl methyl sites for hydroxylation is 1. The standard InChI is InChI=1S/C21H28N4O.ClH/c1-4-18-14(2)23-25(15(18)3)13-20(26)24-12-17-10-22-11-19(17)21(24)16-8-6-5-7-9-16;/h5-9,17,19,21-22H,4,10-13H2,1-3H3;1H/t17-,19-,21+;/m0./s1. The Hall–Kier alpha value is -1.85. The minimum Gasteiger partial charge on any atom is -0.333 e. The van der Waals surface area contributed by atoms with Crippen molar-refractivity contribution in [3.05, 3.63) is 52.8 Å². The summed E-state index contributed by atoms with van der Waals surface area (Å²) in [5.41, 5.74) is 4.68. The van der Waals surface area contributed by atoms with Crippen LogP contribution in [0.1, 0.15) is 35.5 Å². The molecule has 2 aromatic rings. The van der Waals surface area contributed by atoms with Gasteiger partial charge in [-0.2, -0.15) is 5.10 Å². The van der Waals surface area contributed by atoms with E-state index in [2.05, 4.69) is 53.4 Å². The highest BCUT2D eigenvalue weighted by molar-refractivity contribution is 5.85.